The van der Waals surface area contributed by atoms with E-state index in [9.17, 15) is 4.79 Å². The van der Waals surface area contributed by atoms with Crippen molar-refractivity contribution in [2.45, 2.75) is 44.7 Å². The molecule has 2 N–H and O–H groups in total. The first-order valence-corrected chi connectivity index (χ1v) is 5.72. The molecule has 1 fully saturated rings. The van der Waals surface area contributed by atoms with Crippen molar-refractivity contribution in [1.29, 1.82) is 0 Å². The number of nitrogens with one attached hydrogen (secondary N) is 1. The van der Waals surface area contributed by atoms with Crippen LogP contribution in [0, 0.1) is 0 Å². The van der Waals surface area contributed by atoms with Crippen LogP contribution in [0.25, 0.3) is 0 Å². The number of rotatable bonds is 4. The average molecular weight is 214 g/mol. The quantitative estimate of drug-likeness (QED) is 0.710. The van der Waals surface area contributed by atoms with Crippen molar-refractivity contribution >= 4 is 5.91 Å². The van der Waals surface area contributed by atoms with E-state index in [0.29, 0.717) is 18.6 Å². The predicted molar refractivity (Wildman–Crippen MR) is 59.6 cm³/mol. The summed E-state index contributed by atoms with van der Waals surface area (Å²) in [6.45, 7) is 2.50. The van der Waals surface area contributed by atoms with Crippen LogP contribution in [0.5, 0.6) is 0 Å². The second-order valence-corrected chi connectivity index (χ2v) is 4.31. The minimum Gasteiger partial charge on any atom is -0.395 e. The Morgan fingerprint density at radius 3 is 2.47 bits per heavy atom. The van der Waals surface area contributed by atoms with E-state index in [4.69, 9.17) is 5.11 Å². The lowest BCUT2D eigenvalue weighted by atomic mass is 9.90. The van der Waals surface area contributed by atoms with Gasteiger partial charge in [0.05, 0.1) is 6.61 Å². The molecule has 4 nitrogen and oxygen atoms in total. The molecule has 0 aromatic carbocycles. The van der Waals surface area contributed by atoms with Crippen molar-refractivity contribution in [3.8, 4) is 0 Å². The number of hydrogen-bond donors (Lipinski definition) is 2. The van der Waals surface area contributed by atoms with Gasteiger partial charge in [-0.25, -0.2) is 0 Å². The Labute approximate surface area is 91.6 Å². The van der Waals surface area contributed by atoms with E-state index in [1.54, 1.807) is 6.92 Å². The number of carbonyl (C=O) groups excluding carboxylic acids is 1. The number of amides is 1. The highest BCUT2D eigenvalue weighted by Crippen LogP contribution is 2.22. The fraction of sp³-hybridized carbons (Fsp3) is 0.909. The third kappa shape index (κ3) is 3.80. The van der Waals surface area contributed by atoms with Gasteiger partial charge in [0, 0.05) is 32.6 Å². The van der Waals surface area contributed by atoms with Gasteiger partial charge in [0.15, 0.2) is 0 Å². The lowest BCUT2D eigenvalue weighted by Crippen LogP contribution is -2.43. The molecule has 0 unspecified atom stereocenters. The molecule has 0 atom stereocenters. The van der Waals surface area contributed by atoms with Crippen LogP contribution in [0.4, 0.5) is 0 Å². The van der Waals surface area contributed by atoms with Crippen molar-refractivity contribution in [3.63, 3.8) is 0 Å². The second-order valence-electron chi connectivity index (χ2n) is 4.31. The zero-order valence-corrected chi connectivity index (χ0v) is 9.70. The predicted octanol–water partition coefficient (Wildman–Crippen LogP) is 0.358. The Kier molecular flexibility index (Phi) is 5.05. The fourth-order valence-electron chi connectivity index (χ4n) is 2.19. The first kappa shape index (κ1) is 12.5. The summed E-state index contributed by atoms with van der Waals surface area (Å²) in [5.74, 6) is 0.154. The molecule has 0 aromatic rings. The number of nitrogens with zero attached hydrogens (tertiary/aromatic N) is 1. The monoisotopic (exact) mass is 214 g/mol. The molecule has 0 spiro atoms. The third-order valence-corrected chi connectivity index (χ3v) is 3.29. The van der Waals surface area contributed by atoms with Crippen LogP contribution in [0.1, 0.15) is 32.6 Å². The molecule has 0 heterocycles. The SMILES string of the molecule is CC(=O)N(C)C1CCC(NCCO)CC1. The van der Waals surface area contributed by atoms with Gasteiger partial charge < -0.3 is 15.3 Å². The van der Waals surface area contributed by atoms with E-state index >= 15 is 0 Å². The lowest BCUT2D eigenvalue weighted by molar-refractivity contribution is -0.130. The van der Waals surface area contributed by atoms with Crippen LogP contribution in [0.15, 0.2) is 0 Å². The molecule has 1 rings (SSSR count). The van der Waals surface area contributed by atoms with Gasteiger partial charge >= 0.3 is 0 Å². The second kappa shape index (κ2) is 6.08. The van der Waals surface area contributed by atoms with Crippen LogP contribution in [0.3, 0.4) is 0 Å². The van der Waals surface area contributed by atoms with Gasteiger partial charge in [0.2, 0.25) is 5.91 Å². The zero-order valence-electron chi connectivity index (χ0n) is 9.70. The van der Waals surface area contributed by atoms with E-state index in [2.05, 4.69) is 5.32 Å². The molecule has 88 valence electrons. The highest BCUT2D eigenvalue weighted by Gasteiger charge is 2.24. The molecule has 1 saturated carbocycles. The molecule has 4 heteroatoms. The Bertz CT molecular complexity index is 201. The molecule has 0 aliphatic heterocycles. The van der Waals surface area contributed by atoms with Crippen LogP contribution < -0.4 is 5.32 Å². The van der Waals surface area contributed by atoms with Gasteiger partial charge in [-0.1, -0.05) is 0 Å². The normalized spacial score (nSPS) is 26.3. The molecule has 0 bridgehead atoms. The zero-order chi connectivity index (χ0) is 11.3. The standard InChI is InChI=1S/C11H22N2O2/c1-9(15)13(2)11-5-3-10(4-6-11)12-7-8-14/h10-12,14H,3-8H2,1-2H3. The summed E-state index contributed by atoms with van der Waals surface area (Å²) in [5.41, 5.74) is 0. The average Bonchev–Trinajstić information content (AvgIpc) is 2.26. The smallest absolute Gasteiger partial charge is 0.219 e. The summed E-state index contributed by atoms with van der Waals surface area (Å²) in [6, 6.07) is 0.934. The number of carbonyl (C=O) groups is 1. The van der Waals surface area contributed by atoms with Crippen molar-refractivity contribution in [3.05, 3.63) is 0 Å². The van der Waals surface area contributed by atoms with Crippen molar-refractivity contribution in [1.82, 2.24) is 10.2 Å². The summed E-state index contributed by atoms with van der Waals surface area (Å²) in [4.78, 5) is 13.0. The molecule has 0 saturated heterocycles. The minimum absolute atomic E-state index is 0.154. The highest BCUT2D eigenvalue weighted by atomic mass is 16.3. The summed E-state index contributed by atoms with van der Waals surface area (Å²) >= 11 is 0. The lowest BCUT2D eigenvalue weighted by Gasteiger charge is -2.34. The molecule has 1 aliphatic rings. The summed E-state index contributed by atoms with van der Waals surface area (Å²) < 4.78 is 0. The van der Waals surface area contributed by atoms with Crippen molar-refractivity contribution in [2.75, 3.05) is 20.2 Å². The number of aliphatic hydroxyl groups excluding tert-OH is 1. The molecular formula is C11H22N2O2. The number of aliphatic hydroxyl groups is 1. The van der Waals surface area contributed by atoms with Crippen LogP contribution in [0.2, 0.25) is 0 Å². The highest BCUT2D eigenvalue weighted by molar-refractivity contribution is 5.73. The summed E-state index contributed by atoms with van der Waals surface area (Å²) in [7, 11) is 1.88. The van der Waals surface area contributed by atoms with Crippen LogP contribution in [-0.4, -0.2) is 48.2 Å². The summed E-state index contributed by atoms with van der Waals surface area (Å²) in [5, 5.41) is 12.0. The van der Waals surface area contributed by atoms with E-state index in [1.165, 1.54) is 0 Å². The first-order chi connectivity index (χ1) is 7.15. The Morgan fingerprint density at radius 1 is 1.40 bits per heavy atom. The van der Waals surface area contributed by atoms with E-state index in [0.717, 1.165) is 25.7 Å². The van der Waals surface area contributed by atoms with Crippen molar-refractivity contribution in [2.24, 2.45) is 0 Å². The summed E-state index contributed by atoms with van der Waals surface area (Å²) in [6.07, 6.45) is 4.34. The first-order valence-electron chi connectivity index (χ1n) is 5.72. The molecular weight excluding hydrogens is 192 g/mol. The number of hydrogen-bond acceptors (Lipinski definition) is 3. The third-order valence-electron chi connectivity index (χ3n) is 3.29. The molecule has 15 heavy (non-hydrogen) atoms. The molecule has 1 aliphatic carbocycles. The largest absolute Gasteiger partial charge is 0.395 e. The van der Waals surface area contributed by atoms with Gasteiger partial charge in [-0.3, -0.25) is 4.79 Å². The topological polar surface area (TPSA) is 52.6 Å². The van der Waals surface area contributed by atoms with E-state index in [-0.39, 0.29) is 12.5 Å². The maximum absolute atomic E-state index is 11.2. The molecule has 1 amide bonds. The minimum atomic E-state index is 0.154. The Balaban J connectivity index is 2.26. The van der Waals surface area contributed by atoms with Crippen molar-refractivity contribution < 1.29 is 9.90 Å². The van der Waals surface area contributed by atoms with E-state index < -0.39 is 0 Å². The molecule has 0 aromatic heterocycles. The van der Waals surface area contributed by atoms with E-state index in [1.807, 2.05) is 11.9 Å². The van der Waals surface area contributed by atoms with Crippen LogP contribution >= 0.6 is 0 Å². The maximum atomic E-state index is 11.2. The van der Waals surface area contributed by atoms with Gasteiger partial charge in [0.1, 0.15) is 0 Å². The molecule has 0 radical (unpaired) electrons. The fourth-order valence-corrected chi connectivity index (χ4v) is 2.19. The van der Waals surface area contributed by atoms with Crippen LogP contribution in [-0.2, 0) is 4.79 Å². The van der Waals surface area contributed by atoms with Gasteiger partial charge in [-0.05, 0) is 25.7 Å². The van der Waals surface area contributed by atoms with Gasteiger partial charge in [0.25, 0.3) is 0 Å². The maximum Gasteiger partial charge on any atom is 0.219 e. The Hall–Kier alpha value is -0.610. The Morgan fingerprint density at radius 2 is 2.00 bits per heavy atom. The van der Waals surface area contributed by atoms with Gasteiger partial charge in [-0.2, -0.15) is 0 Å². The van der Waals surface area contributed by atoms with Gasteiger partial charge in [-0.15, -0.1) is 0 Å².